The molecule has 0 N–H and O–H groups in total. The zero-order valence-electron chi connectivity index (χ0n) is 11.0. The molecule has 4 nitrogen and oxygen atoms in total. The lowest BCUT2D eigenvalue weighted by Crippen LogP contribution is -2.26. The van der Waals surface area contributed by atoms with Crippen molar-refractivity contribution >= 4 is 21.8 Å². The Balaban J connectivity index is 2.12. The van der Waals surface area contributed by atoms with Crippen molar-refractivity contribution in [2.24, 2.45) is 0 Å². The number of carbonyl (C=O) groups is 1. The second-order valence-electron chi connectivity index (χ2n) is 4.24. The van der Waals surface area contributed by atoms with Gasteiger partial charge in [0.15, 0.2) is 16.2 Å². The first kappa shape index (κ1) is 14.6. The largest absolute Gasteiger partial charge is 0.494 e. The van der Waals surface area contributed by atoms with Crippen LogP contribution in [-0.2, 0) is 6.54 Å². The van der Waals surface area contributed by atoms with E-state index in [9.17, 15) is 9.18 Å². The van der Waals surface area contributed by atoms with Gasteiger partial charge in [-0.05, 0) is 39.7 Å². The van der Waals surface area contributed by atoms with Crippen molar-refractivity contribution in [3.63, 3.8) is 0 Å². The summed E-state index contributed by atoms with van der Waals surface area (Å²) in [5.74, 6) is -0.475. The van der Waals surface area contributed by atoms with E-state index in [0.29, 0.717) is 15.8 Å². The van der Waals surface area contributed by atoms with Crippen molar-refractivity contribution in [2.75, 3.05) is 14.2 Å². The normalized spacial score (nSPS) is 10.4. The summed E-state index contributed by atoms with van der Waals surface area (Å²) in [5.41, 5.74) is 1.11. The Bertz CT molecular complexity index is 627. The monoisotopic (exact) mass is 341 g/mol. The van der Waals surface area contributed by atoms with Gasteiger partial charge in [0, 0.05) is 13.6 Å². The summed E-state index contributed by atoms with van der Waals surface area (Å²) in [5, 5.41) is 0. The van der Waals surface area contributed by atoms with Crippen LogP contribution in [0.2, 0.25) is 0 Å². The molecule has 1 aromatic carbocycles. The number of ether oxygens (including phenoxy) is 1. The molecule has 0 saturated carbocycles. The van der Waals surface area contributed by atoms with Crippen molar-refractivity contribution in [2.45, 2.75) is 6.54 Å². The maximum Gasteiger partial charge on any atom is 0.258 e. The maximum absolute atomic E-state index is 13.6. The van der Waals surface area contributed by atoms with Gasteiger partial charge in [-0.2, -0.15) is 0 Å². The summed E-state index contributed by atoms with van der Waals surface area (Å²) in [6.07, 6.45) is 1.43. The summed E-state index contributed by atoms with van der Waals surface area (Å²) >= 11 is 3.16. The third-order valence-electron chi connectivity index (χ3n) is 2.83. The highest BCUT2D eigenvalue weighted by Gasteiger charge is 2.17. The Kier molecular flexibility index (Phi) is 4.44. The van der Waals surface area contributed by atoms with Gasteiger partial charge in [-0.15, -0.1) is 0 Å². The molecular formula is C14H13BrFNO3. The quantitative estimate of drug-likeness (QED) is 0.855. The molecule has 2 rings (SSSR count). The lowest BCUT2D eigenvalue weighted by Gasteiger charge is -2.17. The maximum atomic E-state index is 13.6. The highest BCUT2D eigenvalue weighted by atomic mass is 79.9. The van der Waals surface area contributed by atoms with Crippen LogP contribution < -0.4 is 4.74 Å². The van der Waals surface area contributed by atoms with Gasteiger partial charge < -0.3 is 14.1 Å². The van der Waals surface area contributed by atoms with Crippen LogP contribution in [0.5, 0.6) is 5.75 Å². The van der Waals surface area contributed by atoms with Crippen LogP contribution in [0.25, 0.3) is 0 Å². The molecule has 106 valence electrons. The number of carbonyl (C=O) groups excluding carboxylic acids is 1. The molecule has 0 aliphatic rings. The number of hydrogen-bond acceptors (Lipinski definition) is 3. The molecule has 0 fully saturated rings. The van der Waals surface area contributed by atoms with Gasteiger partial charge in [-0.3, -0.25) is 4.79 Å². The van der Waals surface area contributed by atoms with E-state index in [0.717, 1.165) is 0 Å². The van der Waals surface area contributed by atoms with E-state index in [1.54, 1.807) is 19.2 Å². The molecule has 0 aliphatic heterocycles. The molecule has 1 heterocycles. The first-order valence-corrected chi connectivity index (χ1v) is 6.63. The molecule has 6 heteroatoms. The average molecular weight is 342 g/mol. The number of amides is 1. The third kappa shape index (κ3) is 3.01. The van der Waals surface area contributed by atoms with Crippen LogP contribution >= 0.6 is 15.9 Å². The molecule has 20 heavy (non-hydrogen) atoms. The van der Waals surface area contributed by atoms with E-state index in [4.69, 9.17) is 9.15 Å². The smallest absolute Gasteiger partial charge is 0.258 e. The SMILES string of the molecule is COc1ccc(CN(C)C(=O)c2ccoc2Br)cc1F. The number of benzene rings is 1. The van der Waals surface area contributed by atoms with Gasteiger partial charge in [0.1, 0.15) is 0 Å². The van der Waals surface area contributed by atoms with Crippen molar-refractivity contribution in [1.82, 2.24) is 4.90 Å². The topological polar surface area (TPSA) is 42.7 Å². The van der Waals surface area contributed by atoms with Crippen LogP contribution in [-0.4, -0.2) is 25.0 Å². The summed E-state index contributed by atoms with van der Waals surface area (Å²) in [7, 11) is 3.05. The Morgan fingerprint density at radius 1 is 1.45 bits per heavy atom. The lowest BCUT2D eigenvalue weighted by molar-refractivity contribution is 0.0783. The minimum atomic E-state index is -0.449. The Morgan fingerprint density at radius 3 is 2.75 bits per heavy atom. The summed E-state index contributed by atoms with van der Waals surface area (Å²) < 4.78 is 23.9. The number of nitrogens with zero attached hydrogens (tertiary/aromatic N) is 1. The van der Waals surface area contributed by atoms with Crippen molar-refractivity contribution in [3.05, 3.63) is 52.1 Å². The molecule has 0 radical (unpaired) electrons. The molecule has 0 atom stereocenters. The first-order chi connectivity index (χ1) is 9.52. The fraction of sp³-hybridized carbons (Fsp3) is 0.214. The van der Waals surface area contributed by atoms with E-state index >= 15 is 0 Å². The fourth-order valence-corrected chi connectivity index (χ4v) is 2.22. The van der Waals surface area contributed by atoms with Crippen LogP contribution in [0.4, 0.5) is 4.39 Å². The van der Waals surface area contributed by atoms with Crippen LogP contribution in [0.15, 0.2) is 39.6 Å². The molecule has 0 bridgehead atoms. The van der Waals surface area contributed by atoms with Gasteiger partial charge in [-0.25, -0.2) is 4.39 Å². The van der Waals surface area contributed by atoms with Gasteiger partial charge in [0.25, 0.3) is 5.91 Å². The van der Waals surface area contributed by atoms with Crippen LogP contribution in [0.1, 0.15) is 15.9 Å². The molecule has 0 spiro atoms. The Hall–Kier alpha value is -1.82. The second kappa shape index (κ2) is 6.09. The van der Waals surface area contributed by atoms with E-state index in [2.05, 4.69) is 15.9 Å². The molecule has 2 aromatic rings. The predicted octanol–water partition coefficient (Wildman–Crippen LogP) is 3.46. The van der Waals surface area contributed by atoms with Crippen molar-refractivity contribution in [1.29, 1.82) is 0 Å². The second-order valence-corrected chi connectivity index (χ2v) is 4.96. The van der Waals surface area contributed by atoms with Gasteiger partial charge in [0.2, 0.25) is 0 Å². The molecular weight excluding hydrogens is 329 g/mol. The summed E-state index contributed by atoms with van der Waals surface area (Å²) in [6, 6.07) is 6.19. The first-order valence-electron chi connectivity index (χ1n) is 5.83. The summed E-state index contributed by atoms with van der Waals surface area (Å²) in [6.45, 7) is 0.289. The Morgan fingerprint density at radius 2 is 2.20 bits per heavy atom. The molecule has 0 saturated heterocycles. The van der Waals surface area contributed by atoms with E-state index in [1.807, 2.05) is 0 Å². The minimum absolute atomic E-state index is 0.181. The number of rotatable bonds is 4. The minimum Gasteiger partial charge on any atom is -0.494 e. The summed E-state index contributed by atoms with van der Waals surface area (Å²) in [4.78, 5) is 13.6. The standard InChI is InChI=1S/C14H13BrFNO3/c1-17(14(18)10-5-6-20-13(10)15)8-9-3-4-12(19-2)11(16)7-9/h3-7H,8H2,1-2H3. The third-order valence-corrected chi connectivity index (χ3v) is 3.45. The predicted molar refractivity (Wildman–Crippen MR) is 75.2 cm³/mol. The van der Waals surface area contributed by atoms with Gasteiger partial charge >= 0.3 is 0 Å². The lowest BCUT2D eigenvalue weighted by atomic mass is 10.2. The van der Waals surface area contributed by atoms with E-state index in [1.165, 1.54) is 30.4 Å². The molecule has 0 unspecified atom stereocenters. The number of hydrogen-bond donors (Lipinski definition) is 0. The molecule has 1 amide bonds. The van der Waals surface area contributed by atoms with E-state index < -0.39 is 5.82 Å². The highest BCUT2D eigenvalue weighted by Crippen LogP contribution is 2.21. The number of halogens is 2. The number of methoxy groups -OCH3 is 1. The van der Waals surface area contributed by atoms with Gasteiger partial charge in [0.05, 0.1) is 18.9 Å². The van der Waals surface area contributed by atoms with Crippen LogP contribution in [0, 0.1) is 5.82 Å². The fourth-order valence-electron chi connectivity index (χ4n) is 1.81. The molecule has 1 aromatic heterocycles. The number of furan rings is 1. The highest BCUT2D eigenvalue weighted by molar-refractivity contribution is 9.10. The Labute approximate surface area is 124 Å². The van der Waals surface area contributed by atoms with Crippen molar-refractivity contribution < 1.29 is 18.3 Å². The molecule has 0 aliphatic carbocycles. The average Bonchev–Trinajstić information content (AvgIpc) is 2.84. The van der Waals surface area contributed by atoms with Crippen LogP contribution in [0.3, 0.4) is 0 Å². The zero-order chi connectivity index (χ0) is 14.7. The van der Waals surface area contributed by atoms with E-state index in [-0.39, 0.29) is 18.2 Å². The van der Waals surface area contributed by atoms with Gasteiger partial charge in [-0.1, -0.05) is 6.07 Å². The zero-order valence-corrected chi connectivity index (χ0v) is 12.6. The van der Waals surface area contributed by atoms with Crippen molar-refractivity contribution in [3.8, 4) is 5.75 Å².